The van der Waals surface area contributed by atoms with Gasteiger partial charge in [-0.2, -0.15) is 0 Å². The van der Waals surface area contributed by atoms with Crippen LogP contribution in [0, 0.1) is 0 Å². The van der Waals surface area contributed by atoms with Gasteiger partial charge in [0, 0.05) is 29.1 Å². The number of aromatic nitrogens is 1. The Balaban J connectivity index is 1.22. The summed E-state index contributed by atoms with van der Waals surface area (Å²) in [7, 11) is 0. The zero-order valence-corrected chi connectivity index (χ0v) is 19.1. The lowest BCUT2D eigenvalue weighted by Crippen LogP contribution is -2.28. The number of pyridine rings is 1. The highest BCUT2D eigenvalue weighted by molar-refractivity contribution is 6.13. The Labute approximate surface area is 194 Å². The molecule has 0 unspecified atom stereocenters. The second-order valence-electron chi connectivity index (χ2n) is 9.79. The van der Waals surface area contributed by atoms with Gasteiger partial charge in [0.2, 0.25) is 0 Å². The van der Waals surface area contributed by atoms with Crippen LogP contribution >= 0.6 is 0 Å². The van der Waals surface area contributed by atoms with Gasteiger partial charge < -0.3 is 10.2 Å². The van der Waals surface area contributed by atoms with Crippen LogP contribution in [0.5, 0.6) is 0 Å². The van der Waals surface area contributed by atoms with Crippen LogP contribution in [0.3, 0.4) is 0 Å². The molecule has 1 spiro atoms. The fourth-order valence-corrected chi connectivity index (χ4v) is 6.05. The van der Waals surface area contributed by atoms with Crippen LogP contribution in [0.2, 0.25) is 0 Å². The third kappa shape index (κ3) is 3.52. The molecular formula is C27H30FN5. The fourth-order valence-electron chi connectivity index (χ4n) is 6.05. The maximum atomic E-state index is 15.3. The Morgan fingerprint density at radius 3 is 2.64 bits per heavy atom. The number of aliphatic imine (C=N–C) groups is 2. The Morgan fingerprint density at radius 2 is 1.91 bits per heavy atom. The van der Waals surface area contributed by atoms with Crippen molar-refractivity contribution >= 4 is 22.9 Å². The molecule has 4 heterocycles. The molecule has 2 fully saturated rings. The highest BCUT2D eigenvalue weighted by Gasteiger charge is 2.43. The molecule has 3 aliphatic heterocycles. The predicted molar refractivity (Wildman–Crippen MR) is 132 cm³/mol. The number of anilines is 1. The number of hydrogen-bond acceptors (Lipinski definition) is 5. The van der Waals surface area contributed by atoms with E-state index < -0.39 is 0 Å². The molecule has 170 valence electrons. The molecule has 1 saturated carbocycles. The molecule has 4 aliphatic rings. The first-order valence-corrected chi connectivity index (χ1v) is 12.2. The number of nitrogens with zero attached hydrogens (tertiary/aromatic N) is 4. The van der Waals surface area contributed by atoms with E-state index in [4.69, 9.17) is 4.99 Å². The summed E-state index contributed by atoms with van der Waals surface area (Å²) in [4.78, 5) is 15.9. The summed E-state index contributed by atoms with van der Waals surface area (Å²) in [5, 5.41) is 3.40. The number of benzene rings is 1. The standard InChI is InChI=1S/C27H30FN5/c1-18-27(10-2-3-11-27)22-14-20(4-6-24(22)32-18)26-23(28)16-33(17-31-26)25-7-5-21(15-30-25)19-8-12-29-13-9-19/h4-7,14-16,19,29H,2-3,8-13,17H2,1H3. The van der Waals surface area contributed by atoms with Crippen molar-refractivity contribution in [3.05, 3.63) is 65.2 Å². The molecule has 0 radical (unpaired) electrons. The first-order valence-electron chi connectivity index (χ1n) is 12.2. The van der Waals surface area contributed by atoms with E-state index in [9.17, 15) is 0 Å². The van der Waals surface area contributed by atoms with Crippen molar-refractivity contribution in [3.63, 3.8) is 0 Å². The summed E-state index contributed by atoms with van der Waals surface area (Å²) >= 11 is 0. The monoisotopic (exact) mass is 443 g/mol. The van der Waals surface area contributed by atoms with Gasteiger partial charge in [0.15, 0.2) is 5.83 Å². The highest BCUT2D eigenvalue weighted by atomic mass is 19.1. The Bertz CT molecular complexity index is 1150. The van der Waals surface area contributed by atoms with E-state index >= 15 is 4.39 Å². The van der Waals surface area contributed by atoms with Gasteiger partial charge in [0.05, 0.1) is 5.69 Å². The molecule has 0 bridgehead atoms. The van der Waals surface area contributed by atoms with Crippen molar-refractivity contribution < 1.29 is 4.39 Å². The molecule has 1 aromatic heterocycles. The number of hydrogen-bond donors (Lipinski definition) is 1. The van der Waals surface area contributed by atoms with Gasteiger partial charge in [-0.1, -0.05) is 25.0 Å². The lowest BCUT2D eigenvalue weighted by molar-refractivity contribution is 0.459. The minimum Gasteiger partial charge on any atom is -0.317 e. The SMILES string of the molecule is CC1=Nc2ccc(C3=NCN(c4ccc(C5CCNCC5)cn4)C=C3F)cc2C12CCCC2. The first-order chi connectivity index (χ1) is 16.1. The number of nitrogens with one attached hydrogen (secondary N) is 1. The summed E-state index contributed by atoms with van der Waals surface area (Å²) in [6.07, 6.45) is 10.5. The van der Waals surface area contributed by atoms with E-state index in [2.05, 4.69) is 34.3 Å². The third-order valence-corrected chi connectivity index (χ3v) is 7.98. The van der Waals surface area contributed by atoms with Gasteiger partial charge in [0.25, 0.3) is 0 Å². The minimum atomic E-state index is -0.318. The van der Waals surface area contributed by atoms with Crippen LogP contribution in [0.1, 0.15) is 68.1 Å². The molecule has 33 heavy (non-hydrogen) atoms. The smallest absolute Gasteiger partial charge is 0.165 e. The van der Waals surface area contributed by atoms with Gasteiger partial charge in [-0.15, -0.1) is 0 Å². The van der Waals surface area contributed by atoms with E-state index in [0.717, 1.165) is 55.8 Å². The van der Waals surface area contributed by atoms with Crippen LogP contribution in [-0.4, -0.2) is 36.2 Å². The molecule has 6 rings (SSSR count). The third-order valence-electron chi connectivity index (χ3n) is 7.98. The summed E-state index contributed by atoms with van der Waals surface area (Å²) in [6.45, 7) is 4.62. The molecule has 0 atom stereocenters. The normalized spacial score (nSPS) is 22.2. The van der Waals surface area contributed by atoms with Crippen molar-refractivity contribution in [1.82, 2.24) is 10.3 Å². The van der Waals surface area contributed by atoms with Crippen LogP contribution < -0.4 is 10.2 Å². The van der Waals surface area contributed by atoms with E-state index in [1.807, 2.05) is 24.4 Å². The number of halogens is 1. The first kappa shape index (κ1) is 20.7. The quantitative estimate of drug-likeness (QED) is 0.677. The second-order valence-corrected chi connectivity index (χ2v) is 9.79. The molecule has 0 amide bonds. The number of allylic oxidation sites excluding steroid dienone is 1. The lowest BCUT2D eigenvalue weighted by Gasteiger charge is -2.26. The molecule has 6 heteroatoms. The fraction of sp³-hybridized carbons (Fsp3) is 0.444. The minimum absolute atomic E-state index is 0.0485. The van der Waals surface area contributed by atoms with Crippen molar-refractivity contribution in [3.8, 4) is 0 Å². The average Bonchev–Trinajstić information content (AvgIpc) is 3.46. The number of piperidine rings is 1. The van der Waals surface area contributed by atoms with Gasteiger partial charge in [-0.05, 0) is 80.9 Å². The Morgan fingerprint density at radius 1 is 1.09 bits per heavy atom. The van der Waals surface area contributed by atoms with Crippen molar-refractivity contribution in [2.24, 2.45) is 9.98 Å². The van der Waals surface area contributed by atoms with Crippen LogP contribution in [0.25, 0.3) is 0 Å². The van der Waals surface area contributed by atoms with Crippen LogP contribution in [0.4, 0.5) is 15.9 Å². The topological polar surface area (TPSA) is 52.9 Å². The van der Waals surface area contributed by atoms with Gasteiger partial charge in [-0.25, -0.2) is 9.37 Å². The maximum Gasteiger partial charge on any atom is 0.165 e. The lowest BCUT2D eigenvalue weighted by atomic mass is 9.76. The number of rotatable bonds is 3. The number of fused-ring (bicyclic) bond motifs is 2. The maximum absolute atomic E-state index is 15.3. The summed E-state index contributed by atoms with van der Waals surface area (Å²) in [5.41, 5.74) is 6.08. The van der Waals surface area contributed by atoms with E-state index in [1.165, 1.54) is 35.9 Å². The predicted octanol–water partition coefficient (Wildman–Crippen LogP) is 5.54. The van der Waals surface area contributed by atoms with E-state index in [1.54, 1.807) is 4.90 Å². The molecule has 1 saturated heterocycles. The van der Waals surface area contributed by atoms with Crippen molar-refractivity contribution in [1.29, 1.82) is 0 Å². The summed E-state index contributed by atoms with van der Waals surface area (Å²) < 4.78 is 15.3. The van der Waals surface area contributed by atoms with Gasteiger partial charge in [-0.3, -0.25) is 9.98 Å². The largest absolute Gasteiger partial charge is 0.317 e. The zero-order valence-electron chi connectivity index (χ0n) is 19.1. The highest BCUT2D eigenvalue weighted by Crippen LogP contribution is 2.50. The van der Waals surface area contributed by atoms with E-state index in [-0.39, 0.29) is 11.2 Å². The molecular weight excluding hydrogens is 413 g/mol. The van der Waals surface area contributed by atoms with Gasteiger partial charge >= 0.3 is 0 Å². The average molecular weight is 444 g/mol. The zero-order chi connectivity index (χ0) is 22.4. The summed E-state index contributed by atoms with van der Waals surface area (Å²) in [6, 6.07) is 10.2. The molecule has 2 aromatic rings. The van der Waals surface area contributed by atoms with Crippen LogP contribution in [0.15, 0.2) is 58.5 Å². The van der Waals surface area contributed by atoms with Crippen LogP contribution in [-0.2, 0) is 5.41 Å². The van der Waals surface area contributed by atoms with Gasteiger partial charge in [0.1, 0.15) is 18.2 Å². The Hall–Kier alpha value is -2.86. The summed E-state index contributed by atoms with van der Waals surface area (Å²) in [5.74, 6) is 0.969. The molecule has 1 N–H and O–H groups in total. The van der Waals surface area contributed by atoms with Crippen molar-refractivity contribution in [2.45, 2.75) is 56.8 Å². The molecule has 1 aromatic carbocycles. The Kier molecular flexibility index (Phi) is 5.13. The van der Waals surface area contributed by atoms with Crippen molar-refractivity contribution in [2.75, 3.05) is 24.7 Å². The van der Waals surface area contributed by atoms with E-state index in [0.29, 0.717) is 18.3 Å². The molecule has 5 nitrogen and oxygen atoms in total. The molecule has 1 aliphatic carbocycles. The second kappa shape index (κ2) is 8.17.